The Balaban J connectivity index is 1.80. The van der Waals surface area contributed by atoms with E-state index in [0.29, 0.717) is 11.3 Å². The average Bonchev–Trinajstić information content (AvgIpc) is 3.22. The molecule has 0 aliphatic carbocycles. The van der Waals surface area contributed by atoms with Gasteiger partial charge < -0.3 is 5.11 Å². The fourth-order valence-electron chi connectivity index (χ4n) is 3.94. The zero-order valence-corrected chi connectivity index (χ0v) is 16.9. The molecule has 0 spiro atoms. The lowest BCUT2D eigenvalue weighted by atomic mass is 9.90. The Bertz CT molecular complexity index is 1090. The molecule has 0 radical (unpaired) electrons. The Kier molecular flexibility index (Phi) is 5.02. The molecule has 2 aromatic carbocycles. The molecule has 2 aliphatic rings. The van der Waals surface area contributed by atoms with Crippen LogP contribution in [0.5, 0.6) is 0 Å². The molecule has 0 saturated carbocycles. The fourth-order valence-corrected chi connectivity index (χ4v) is 3.94. The molecule has 9 nitrogen and oxygen atoms in total. The van der Waals surface area contributed by atoms with E-state index in [9.17, 15) is 24.3 Å². The zero-order chi connectivity index (χ0) is 22.3. The number of amides is 4. The molecule has 0 bridgehead atoms. The average molecular weight is 420 g/mol. The number of urea groups is 1. The highest BCUT2D eigenvalue weighted by Gasteiger charge is 2.48. The van der Waals surface area contributed by atoms with E-state index in [1.54, 1.807) is 23.2 Å². The van der Waals surface area contributed by atoms with Gasteiger partial charge in [0.2, 0.25) is 11.8 Å². The van der Waals surface area contributed by atoms with Crippen LogP contribution in [0.25, 0.3) is 0 Å². The molecule has 31 heavy (non-hydrogen) atoms. The SMILES string of the molecule is CN1C(=O)C(C2=NN(c3ccccc3)C(c3ccccc3C(=O)O)C2)C(=O)N(C)C1=O. The quantitative estimate of drug-likeness (QED) is 0.761. The summed E-state index contributed by atoms with van der Waals surface area (Å²) in [5, 5.41) is 15.9. The van der Waals surface area contributed by atoms with Gasteiger partial charge in [0, 0.05) is 20.5 Å². The van der Waals surface area contributed by atoms with Crippen LogP contribution < -0.4 is 5.01 Å². The van der Waals surface area contributed by atoms with Crippen LogP contribution in [-0.2, 0) is 9.59 Å². The number of benzene rings is 2. The van der Waals surface area contributed by atoms with Crippen LogP contribution in [0.2, 0.25) is 0 Å². The number of hydrogen-bond donors (Lipinski definition) is 1. The van der Waals surface area contributed by atoms with Gasteiger partial charge in [0.15, 0.2) is 5.92 Å². The lowest BCUT2D eigenvalue weighted by Crippen LogP contribution is -2.58. The molecule has 2 aromatic rings. The highest BCUT2D eigenvalue weighted by molar-refractivity contribution is 6.27. The van der Waals surface area contributed by atoms with E-state index in [0.717, 1.165) is 9.80 Å². The van der Waals surface area contributed by atoms with Crippen LogP contribution in [0, 0.1) is 5.92 Å². The summed E-state index contributed by atoms with van der Waals surface area (Å²) in [5.74, 6) is -3.60. The molecule has 0 aromatic heterocycles. The number of anilines is 1. The monoisotopic (exact) mass is 420 g/mol. The minimum Gasteiger partial charge on any atom is -0.478 e. The largest absolute Gasteiger partial charge is 0.478 e. The number of carbonyl (C=O) groups is 4. The van der Waals surface area contributed by atoms with Crippen molar-refractivity contribution in [2.75, 3.05) is 19.1 Å². The summed E-state index contributed by atoms with van der Waals surface area (Å²) in [6, 6.07) is 14.5. The first-order chi connectivity index (χ1) is 14.8. The van der Waals surface area contributed by atoms with Crippen molar-refractivity contribution in [3.8, 4) is 0 Å². The fraction of sp³-hybridized carbons (Fsp3) is 0.227. The van der Waals surface area contributed by atoms with Crippen LogP contribution in [0.15, 0.2) is 59.7 Å². The van der Waals surface area contributed by atoms with Gasteiger partial charge in [-0.25, -0.2) is 9.59 Å². The number of nitrogens with zero attached hydrogens (tertiary/aromatic N) is 4. The second-order valence-electron chi connectivity index (χ2n) is 7.39. The molecule has 2 aliphatic heterocycles. The minimum absolute atomic E-state index is 0.121. The van der Waals surface area contributed by atoms with Crippen molar-refractivity contribution in [1.82, 2.24) is 9.80 Å². The van der Waals surface area contributed by atoms with Gasteiger partial charge in [-0.05, 0) is 23.8 Å². The van der Waals surface area contributed by atoms with Crippen molar-refractivity contribution in [1.29, 1.82) is 0 Å². The number of carbonyl (C=O) groups excluding carboxylic acids is 3. The van der Waals surface area contributed by atoms with Crippen molar-refractivity contribution >= 4 is 35.2 Å². The third kappa shape index (κ3) is 3.33. The molecular formula is C22H20N4O5. The number of carboxylic acid groups (broad SMARTS) is 1. The van der Waals surface area contributed by atoms with E-state index in [1.165, 1.54) is 20.2 Å². The first-order valence-electron chi connectivity index (χ1n) is 9.64. The Hall–Kier alpha value is -4.01. The smallest absolute Gasteiger partial charge is 0.336 e. The van der Waals surface area contributed by atoms with E-state index < -0.39 is 35.8 Å². The van der Waals surface area contributed by atoms with Crippen molar-refractivity contribution in [3.63, 3.8) is 0 Å². The topological polar surface area (TPSA) is 111 Å². The number of carboxylic acids is 1. The van der Waals surface area contributed by atoms with Crippen LogP contribution in [-0.4, -0.2) is 58.5 Å². The number of hydrogen-bond acceptors (Lipinski definition) is 6. The first-order valence-corrected chi connectivity index (χ1v) is 9.64. The summed E-state index contributed by atoms with van der Waals surface area (Å²) in [6.45, 7) is 0. The van der Waals surface area contributed by atoms with Crippen molar-refractivity contribution in [2.24, 2.45) is 11.0 Å². The molecule has 9 heteroatoms. The first kappa shape index (κ1) is 20.3. The predicted octanol–water partition coefficient (Wildman–Crippen LogP) is 2.36. The van der Waals surface area contributed by atoms with Crippen LogP contribution in [0.1, 0.15) is 28.4 Å². The second kappa shape index (κ2) is 7.67. The van der Waals surface area contributed by atoms with E-state index in [2.05, 4.69) is 5.10 Å². The Morgan fingerprint density at radius 2 is 1.52 bits per heavy atom. The van der Waals surface area contributed by atoms with E-state index in [-0.39, 0.29) is 17.7 Å². The Labute approximate surface area is 178 Å². The van der Waals surface area contributed by atoms with Gasteiger partial charge in [-0.2, -0.15) is 5.10 Å². The summed E-state index contributed by atoms with van der Waals surface area (Å²) in [7, 11) is 2.64. The van der Waals surface area contributed by atoms with Crippen molar-refractivity contribution < 1.29 is 24.3 Å². The minimum atomic E-state index is -1.24. The molecule has 1 unspecified atom stereocenters. The number of para-hydroxylation sites is 1. The van der Waals surface area contributed by atoms with Gasteiger partial charge in [-0.3, -0.25) is 24.4 Å². The normalized spacial score (nSPS) is 19.8. The molecule has 1 atom stereocenters. The maximum absolute atomic E-state index is 12.8. The summed E-state index contributed by atoms with van der Waals surface area (Å²) >= 11 is 0. The van der Waals surface area contributed by atoms with E-state index in [4.69, 9.17) is 0 Å². The molecule has 4 amide bonds. The van der Waals surface area contributed by atoms with Gasteiger partial charge in [-0.1, -0.05) is 36.4 Å². The third-order valence-electron chi connectivity index (χ3n) is 5.57. The standard InChI is InChI=1S/C22H20N4O5/c1-24-19(27)18(20(28)25(2)22(24)31)16-12-17(14-10-6-7-11-15(14)21(29)30)26(23-16)13-8-4-3-5-9-13/h3-11,17-18H,12H2,1-2H3,(H,29,30). The van der Waals surface area contributed by atoms with Gasteiger partial charge in [0.25, 0.3) is 0 Å². The van der Waals surface area contributed by atoms with Crippen LogP contribution in [0.4, 0.5) is 10.5 Å². The lowest BCUT2D eigenvalue weighted by Gasteiger charge is -2.32. The highest BCUT2D eigenvalue weighted by Crippen LogP contribution is 2.39. The van der Waals surface area contributed by atoms with E-state index >= 15 is 0 Å². The number of rotatable bonds is 4. The van der Waals surface area contributed by atoms with Crippen molar-refractivity contribution in [2.45, 2.75) is 12.5 Å². The van der Waals surface area contributed by atoms with Crippen molar-refractivity contribution in [3.05, 3.63) is 65.7 Å². The molecule has 4 rings (SSSR count). The van der Waals surface area contributed by atoms with Gasteiger partial charge in [-0.15, -0.1) is 0 Å². The summed E-state index contributed by atoms with van der Waals surface area (Å²) in [5.41, 5.74) is 1.62. The molecule has 158 valence electrons. The van der Waals surface area contributed by atoms with E-state index in [1.807, 2.05) is 30.3 Å². The van der Waals surface area contributed by atoms with Gasteiger partial charge in [0.1, 0.15) is 0 Å². The highest BCUT2D eigenvalue weighted by atomic mass is 16.4. The van der Waals surface area contributed by atoms with Gasteiger partial charge >= 0.3 is 12.0 Å². The molecular weight excluding hydrogens is 400 g/mol. The lowest BCUT2D eigenvalue weighted by molar-refractivity contribution is -0.144. The third-order valence-corrected chi connectivity index (χ3v) is 5.57. The van der Waals surface area contributed by atoms with Crippen LogP contribution in [0.3, 0.4) is 0 Å². The molecule has 1 N–H and O–H groups in total. The van der Waals surface area contributed by atoms with Crippen LogP contribution >= 0.6 is 0 Å². The zero-order valence-electron chi connectivity index (χ0n) is 16.9. The maximum atomic E-state index is 12.8. The number of barbiturate groups is 1. The number of imide groups is 2. The molecule has 1 saturated heterocycles. The summed E-state index contributed by atoms with van der Waals surface area (Å²) < 4.78 is 0. The Morgan fingerprint density at radius 3 is 2.13 bits per heavy atom. The maximum Gasteiger partial charge on any atom is 0.336 e. The summed E-state index contributed by atoms with van der Waals surface area (Å²) in [6.07, 6.45) is 0.164. The predicted molar refractivity (Wildman–Crippen MR) is 112 cm³/mol. The Morgan fingerprint density at radius 1 is 0.935 bits per heavy atom. The second-order valence-corrected chi connectivity index (χ2v) is 7.39. The summed E-state index contributed by atoms with van der Waals surface area (Å²) in [4.78, 5) is 51.3. The number of aromatic carboxylic acids is 1. The van der Waals surface area contributed by atoms with Gasteiger partial charge in [0.05, 0.1) is 23.0 Å². The number of hydrazone groups is 1. The molecule has 1 fully saturated rings. The molecule has 2 heterocycles.